The van der Waals surface area contributed by atoms with Crippen LogP contribution in [0.25, 0.3) is 0 Å². The molecular formula is C33H41F3O6. The first kappa shape index (κ1) is 29.0. The molecule has 2 N–H and O–H groups in total. The minimum atomic E-state index is -4.49. The van der Waals surface area contributed by atoms with Crippen LogP contribution in [0.1, 0.15) is 82.3 Å². The van der Waals surface area contributed by atoms with Gasteiger partial charge in [0.05, 0.1) is 37.6 Å². The molecule has 3 saturated carbocycles. The fraction of sp³-hybridized carbons (Fsp3) is 0.697. The van der Waals surface area contributed by atoms with Crippen molar-refractivity contribution in [1.29, 1.82) is 0 Å². The van der Waals surface area contributed by atoms with E-state index in [0.717, 1.165) is 22.8 Å². The van der Waals surface area contributed by atoms with Crippen molar-refractivity contribution in [1.82, 2.24) is 0 Å². The van der Waals surface area contributed by atoms with Crippen LogP contribution in [0.15, 0.2) is 47.6 Å². The molecule has 6 atom stereocenters. The summed E-state index contributed by atoms with van der Waals surface area (Å²) in [7, 11) is 0. The average molecular weight is 591 g/mol. The maximum absolute atomic E-state index is 13.3. The van der Waals surface area contributed by atoms with E-state index in [2.05, 4.69) is 12.1 Å². The number of benzene rings is 1. The van der Waals surface area contributed by atoms with Crippen LogP contribution in [0.2, 0.25) is 0 Å². The second kappa shape index (κ2) is 9.62. The standard InChI is InChI=1S/C33H41F3O6/c1-28-19-24(21-3-5-22(6-4-21)29(2)39-15-16-40-29)27-23(25(28)8-11-31(28,38)13-14-33(34,35)36)7-10-30(37)20-32(12-9-26(27)30)41-17-18-42-32/h3-6,13-14,23-25,37-38H,7-12,15-20H2,1-2H3/b14-13+/t23?,24-,25?,28+,30-,31?/m1/s1. The first-order valence-electron chi connectivity index (χ1n) is 15.4. The lowest BCUT2D eigenvalue weighted by Crippen LogP contribution is -2.55. The predicted molar refractivity (Wildman–Crippen MR) is 147 cm³/mol. The fourth-order valence-electron chi connectivity index (χ4n) is 9.56. The molecule has 0 bridgehead atoms. The minimum absolute atomic E-state index is 0.0111. The van der Waals surface area contributed by atoms with Crippen LogP contribution in [0.3, 0.4) is 0 Å². The molecule has 42 heavy (non-hydrogen) atoms. The van der Waals surface area contributed by atoms with Crippen molar-refractivity contribution >= 4 is 0 Å². The second-order valence-corrected chi connectivity index (χ2v) is 13.8. The molecule has 2 aliphatic heterocycles. The summed E-state index contributed by atoms with van der Waals surface area (Å²) >= 11 is 0. The van der Waals surface area contributed by atoms with Crippen LogP contribution in [0.5, 0.6) is 0 Å². The number of fused-ring (bicyclic) bond motifs is 4. The summed E-state index contributed by atoms with van der Waals surface area (Å²) < 4.78 is 63.7. The van der Waals surface area contributed by atoms with Gasteiger partial charge in [0.25, 0.3) is 0 Å². The Labute approximate surface area is 244 Å². The Kier molecular flexibility index (Phi) is 6.64. The molecule has 1 spiro atoms. The highest BCUT2D eigenvalue weighted by atomic mass is 19.4. The summed E-state index contributed by atoms with van der Waals surface area (Å²) in [6.45, 7) is 5.98. The van der Waals surface area contributed by atoms with Crippen molar-refractivity contribution in [2.75, 3.05) is 26.4 Å². The van der Waals surface area contributed by atoms with Crippen molar-refractivity contribution in [3.63, 3.8) is 0 Å². The Bertz CT molecular complexity index is 1280. The normalized spacial score (nSPS) is 40.9. The van der Waals surface area contributed by atoms with Crippen molar-refractivity contribution in [3.05, 3.63) is 58.7 Å². The number of allylic oxidation sites excluding steroid dienone is 2. The molecule has 2 saturated heterocycles. The highest BCUT2D eigenvalue weighted by Crippen LogP contribution is 2.68. The number of aliphatic hydroxyl groups is 2. The molecule has 5 fully saturated rings. The van der Waals surface area contributed by atoms with Crippen LogP contribution in [0, 0.1) is 17.3 Å². The van der Waals surface area contributed by atoms with Crippen LogP contribution in [-0.2, 0) is 24.7 Å². The van der Waals surface area contributed by atoms with E-state index in [-0.39, 0.29) is 30.3 Å². The number of rotatable bonds is 3. The van der Waals surface area contributed by atoms with Crippen molar-refractivity contribution < 1.29 is 42.3 Å². The predicted octanol–water partition coefficient (Wildman–Crippen LogP) is 6.02. The van der Waals surface area contributed by atoms with Gasteiger partial charge < -0.3 is 29.2 Å². The third-order valence-corrected chi connectivity index (χ3v) is 11.7. The molecule has 0 aromatic heterocycles. The molecule has 1 aromatic carbocycles. The van der Waals surface area contributed by atoms with Crippen LogP contribution in [-0.4, -0.2) is 59.8 Å². The van der Waals surface area contributed by atoms with Gasteiger partial charge in [-0.15, -0.1) is 0 Å². The van der Waals surface area contributed by atoms with E-state index >= 15 is 0 Å². The number of alkyl halides is 3. The Balaban J connectivity index is 1.32. The third kappa shape index (κ3) is 4.45. The van der Waals surface area contributed by atoms with Gasteiger partial charge in [-0.3, -0.25) is 0 Å². The van der Waals surface area contributed by atoms with E-state index < -0.39 is 34.4 Å². The quantitative estimate of drug-likeness (QED) is 0.419. The second-order valence-electron chi connectivity index (χ2n) is 13.8. The largest absolute Gasteiger partial charge is 0.409 e. The minimum Gasteiger partial charge on any atom is -0.385 e. The molecule has 9 heteroatoms. The van der Waals surface area contributed by atoms with Crippen molar-refractivity contribution in [2.45, 2.75) is 100 Å². The number of halogens is 3. The first-order chi connectivity index (χ1) is 19.8. The Morgan fingerprint density at radius 3 is 2.21 bits per heavy atom. The molecule has 6 aliphatic rings. The lowest BCUT2D eigenvalue weighted by atomic mass is 9.49. The molecule has 6 nitrogen and oxygen atoms in total. The molecule has 1 aromatic rings. The molecule has 230 valence electrons. The van der Waals surface area contributed by atoms with E-state index in [1.165, 1.54) is 5.57 Å². The van der Waals surface area contributed by atoms with E-state index in [4.69, 9.17) is 18.9 Å². The maximum Gasteiger partial charge on any atom is 0.409 e. The lowest BCUT2D eigenvalue weighted by Gasteiger charge is -2.57. The number of hydrogen-bond donors (Lipinski definition) is 2. The zero-order valence-electron chi connectivity index (χ0n) is 24.3. The molecule has 0 radical (unpaired) electrons. The van der Waals surface area contributed by atoms with Gasteiger partial charge >= 0.3 is 6.18 Å². The topological polar surface area (TPSA) is 77.4 Å². The van der Waals surface area contributed by atoms with Crippen LogP contribution in [0.4, 0.5) is 13.2 Å². The van der Waals surface area contributed by atoms with Gasteiger partial charge in [-0.1, -0.05) is 36.8 Å². The SMILES string of the molecule is CC1(c2ccc([C@H]3C[C@@]4(C)C(CCC4(O)/C=C/C(F)(F)F)C4CC[C@@]5(O)CC6(CCC5=C43)OCCO6)cc2)OCCO1. The van der Waals surface area contributed by atoms with Gasteiger partial charge in [0.2, 0.25) is 0 Å². The average Bonchev–Trinajstić information content (AvgIpc) is 3.65. The van der Waals surface area contributed by atoms with E-state index in [1.807, 2.05) is 26.0 Å². The Morgan fingerprint density at radius 2 is 1.55 bits per heavy atom. The highest BCUT2D eigenvalue weighted by molar-refractivity contribution is 5.45. The van der Waals surface area contributed by atoms with Crippen LogP contribution < -0.4 is 0 Å². The summed E-state index contributed by atoms with van der Waals surface area (Å²) in [6.07, 6.45) is 1.11. The first-order valence-corrected chi connectivity index (χ1v) is 15.4. The zero-order chi connectivity index (χ0) is 29.6. The summed E-state index contributed by atoms with van der Waals surface area (Å²) in [5.41, 5.74) is 0.810. The third-order valence-electron chi connectivity index (χ3n) is 11.7. The number of hydrogen-bond acceptors (Lipinski definition) is 6. The Morgan fingerprint density at radius 1 is 0.881 bits per heavy atom. The highest BCUT2D eigenvalue weighted by Gasteiger charge is 2.64. The molecule has 2 heterocycles. The summed E-state index contributed by atoms with van der Waals surface area (Å²) in [5.74, 6) is -1.65. The Hall–Kier alpha value is -1.75. The van der Waals surface area contributed by atoms with Gasteiger partial charge in [-0.25, -0.2) is 0 Å². The van der Waals surface area contributed by atoms with Crippen LogP contribution >= 0.6 is 0 Å². The van der Waals surface area contributed by atoms with Gasteiger partial charge in [0.15, 0.2) is 11.6 Å². The van der Waals surface area contributed by atoms with E-state index in [0.29, 0.717) is 71.4 Å². The van der Waals surface area contributed by atoms with Gasteiger partial charge in [-0.05, 0) is 74.5 Å². The molecule has 4 aliphatic carbocycles. The summed E-state index contributed by atoms with van der Waals surface area (Å²) in [6, 6.07) is 8.13. The summed E-state index contributed by atoms with van der Waals surface area (Å²) in [5, 5.41) is 24.1. The van der Waals surface area contributed by atoms with Gasteiger partial charge in [0.1, 0.15) is 0 Å². The van der Waals surface area contributed by atoms with Gasteiger partial charge in [0, 0.05) is 35.8 Å². The maximum atomic E-state index is 13.3. The van der Waals surface area contributed by atoms with Crippen molar-refractivity contribution in [2.24, 2.45) is 17.3 Å². The smallest absolute Gasteiger partial charge is 0.385 e. The monoisotopic (exact) mass is 590 g/mol. The zero-order valence-corrected chi connectivity index (χ0v) is 24.3. The van der Waals surface area contributed by atoms with E-state index in [9.17, 15) is 23.4 Å². The molecule has 7 rings (SSSR count). The lowest BCUT2D eigenvalue weighted by molar-refractivity contribution is -0.208. The number of ether oxygens (including phenoxy) is 4. The van der Waals surface area contributed by atoms with Gasteiger partial charge in [-0.2, -0.15) is 13.2 Å². The fourth-order valence-corrected chi connectivity index (χ4v) is 9.56. The van der Waals surface area contributed by atoms with E-state index in [1.54, 1.807) is 0 Å². The van der Waals surface area contributed by atoms with Crippen molar-refractivity contribution in [3.8, 4) is 0 Å². The summed E-state index contributed by atoms with van der Waals surface area (Å²) in [4.78, 5) is 0. The molecule has 0 amide bonds. The molecular weight excluding hydrogens is 549 g/mol. The molecule has 3 unspecified atom stereocenters.